The Bertz CT molecular complexity index is 865. The first kappa shape index (κ1) is 14.5. The molecule has 0 bridgehead atoms. The number of aryl methyl sites for hydroxylation is 2. The van der Waals surface area contributed by atoms with E-state index >= 15 is 0 Å². The minimum absolute atomic E-state index is 0.0828. The van der Waals surface area contributed by atoms with E-state index in [-0.39, 0.29) is 23.6 Å². The Labute approximate surface area is 127 Å². The Kier molecular flexibility index (Phi) is 3.34. The van der Waals surface area contributed by atoms with E-state index in [1.54, 1.807) is 6.92 Å². The monoisotopic (exact) mass is 298 g/mol. The number of rotatable bonds is 2. The summed E-state index contributed by atoms with van der Waals surface area (Å²) in [5.41, 5.74) is 12.1. The summed E-state index contributed by atoms with van der Waals surface area (Å²) in [4.78, 5) is 17.7. The molecule has 2 heterocycles. The maximum atomic E-state index is 11.9. The fourth-order valence-electron chi connectivity index (χ4n) is 3.20. The van der Waals surface area contributed by atoms with Crippen molar-refractivity contribution in [2.45, 2.75) is 45.8 Å². The fraction of sp³-hybridized carbons (Fsp3) is 0.438. The molecule has 0 saturated carbocycles. The third-order valence-corrected chi connectivity index (χ3v) is 4.45. The number of aromatic amines is 1. The summed E-state index contributed by atoms with van der Waals surface area (Å²) in [6, 6.07) is 3.66. The zero-order valence-corrected chi connectivity index (χ0v) is 13.0. The first-order valence-corrected chi connectivity index (χ1v) is 7.32. The highest BCUT2D eigenvalue weighted by Crippen LogP contribution is 2.44. The van der Waals surface area contributed by atoms with Gasteiger partial charge in [0.05, 0.1) is 11.6 Å². The number of fused-ring (bicyclic) bond motifs is 3. The molecule has 6 nitrogen and oxygen atoms in total. The number of benzene rings is 1. The first-order chi connectivity index (χ1) is 10.4. The third kappa shape index (κ3) is 2.04. The largest absolute Gasteiger partial charge is 0.488 e. The number of azide groups is 1. The van der Waals surface area contributed by atoms with Gasteiger partial charge in [-0.2, -0.15) is 0 Å². The number of hydrogen-bond donors (Lipinski definition) is 1. The van der Waals surface area contributed by atoms with Crippen LogP contribution in [-0.4, -0.2) is 17.1 Å². The molecule has 0 saturated heterocycles. The molecule has 1 aliphatic heterocycles. The van der Waals surface area contributed by atoms with Gasteiger partial charge in [0.1, 0.15) is 11.9 Å². The molecule has 0 aliphatic carbocycles. The van der Waals surface area contributed by atoms with Crippen LogP contribution in [0.1, 0.15) is 36.5 Å². The van der Waals surface area contributed by atoms with Crippen molar-refractivity contribution in [3.05, 3.63) is 49.6 Å². The van der Waals surface area contributed by atoms with Crippen molar-refractivity contribution < 1.29 is 4.74 Å². The van der Waals surface area contributed by atoms with E-state index in [9.17, 15) is 4.79 Å². The summed E-state index contributed by atoms with van der Waals surface area (Å²) >= 11 is 0. The lowest BCUT2D eigenvalue weighted by Gasteiger charge is -2.18. The van der Waals surface area contributed by atoms with Crippen LogP contribution < -0.4 is 10.3 Å². The second kappa shape index (κ2) is 5.07. The lowest BCUT2D eigenvalue weighted by Crippen LogP contribution is -2.28. The lowest BCUT2D eigenvalue weighted by molar-refractivity contribution is 0.187. The molecule has 22 heavy (non-hydrogen) atoms. The minimum Gasteiger partial charge on any atom is -0.488 e. The maximum absolute atomic E-state index is 11.9. The number of pyridine rings is 1. The van der Waals surface area contributed by atoms with Gasteiger partial charge in [0.25, 0.3) is 5.56 Å². The molecule has 6 heteroatoms. The van der Waals surface area contributed by atoms with Crippen LogP contribution in [0.15, 0.2) is 22.0 Å². The van der Waals surface area contributed by atoms with Crippen molar-refractivity contribution in [3.63, 3.8) is 0 Å². The van der Waals surface area contributed by atoms with Gasteiger partial charge < -0.3 is 9.72 Å². The van der Waals surface area contributed by atoms with Crippen LogP contribution in [0.3, 0.4) is 0 Å². The quantitative estimate of drug-likeness (QED) is 0.520. The third-order valence-electron chi connectivity index (χ3n) is 4.45. The Hall–Kier alpha value is -2.46. The zero-order chi connectivity index (χ0) is 16.0. The molecule has 3 atom stereocenters. The molecule has 0 radical (unpaired) electrons. The smallest absolute Gasteiger partial charge is 0.251 e. The minimum atomic E-state index is -0.258. The van der Waals surface area contributed by atoms with Gasteiger partial charge in [0.15, 0.2) is 0 Å². The molecule has 3 unspecified atom stereocenters. The summed E-state index contributed by atoms with van der Waals surface area (Å²) in [6.07, 6.45) is -0.192. The van der Waals surface area contributed by atoms with Crippen LogP contribution in [0.4, 0.5) is 0 Å². The van der Waals surface area contributed by atoms with Crippen LogP contribution in [0.2, 0.25) is 0 Å². The number of nitrogens with one attached hydrogen (secondary N) is 1. The SMILES string of the molecule is Cc1cc2c3c(cc(C)c2[nH]c1=O)C(C)C(C(C)N=[N+]=[N-])O3. The molecule has 0 amide bonds. The van der Waals surface area contributed by atoms with Crippen molar-refractivity contribution in [1.82, 2.24) is 4.98 Å². The molecule has 1 aromatic heterocycles. The predicted molar refractivity (Wildman–Crippen MR) is 85.5 cm³/mol. The normalized spacial score (nSPS) is 21.1. The molecular weight excluding hydrogens is 280 g/mol. The van der Waals surface area contributed by atoms with Gasteiger partial charge in [-0.05, 0) is 37.1 Å². The predicted octanol–water partition coefficient (Wildman–Crippen LogP) is 3.71. The number of nitrogens with zero attached hydrogens (tertiary/aromatic N) is 3. The van der Waals surface area contributed by atoms with Crippen molar-refractivity contribution in [1.29, 1.82) is 0 Å². The van der Waals surface area contributed by atoms with Crippen LogP contribution in [0.25, 0.3) is 21.3 Å². The molecule has 0 spiro atoms. The van der Waals surface area contributed by atoms with Gasteiger partial charge in [-0.1, -0.05) is 19.0 Å². The molecular formula is C16H18N4O2. The molecule has 114 valence electrons. The van der Waals surface area contributed by atoms with E-state index in [2.05, 4.69) is 28.0 Å². The maximum Gasteiger partial charge on any atom is 0.251 e. The standard InChI is InChI=1S/C16H18N4O2/c1-7-5-11-9(3)14(10(4)19-20-17)22-15(11)12-6-8(2)16(21)18-13(7)12/h5-6,9-10,14H,1-4H3,(H,18,21). The molecule has 2 aromatic rings. The number of aromatic nitrogens is 1. The molecule has 0 fully saturated rings. The number of H-pyrrole nitrogens is 1. The molecule has 3 rings (SSSR count). The van der Waals surface area contributed by atoms with E-state index in [1.165, 1.54) is 0 Å². The van der Waals surface area contributed by atoms with Crippen molar-refractivity contribution in [2.75, 3.05) is 0 Å². The van der Waals surface area contributed by atoms with Gasteiger partial charge in [-0.25, -0.2) is 0 Å². The van der Waals surface area contributed by atoms with Gasteiger partial charge in [-0.15, -0.1) is 0 Å². The number of hydrogen-bond acceptors (Lipinski definition) is 3. The number of ether oxygens (including phenoxy) is 1. The van der Waals surface area contributed by atoms with Crippen LogP contribution >= 0.6 is 0 Å². The zero-order valence-electron chi connectivity index (χ0n) is 13.0. The van der Waals surface area contributed by atoms with E-state index in [4.69, 9.17) is 10.3 Å². The highest BCUT2D eigenvalue weighted by molar-refractivity contribution is 5.90. The van der Waals surface area contributed by atoms with Crippen molar-refractivity contribution in [2.24, 2.45) is 5.11 Å². The Morgan fingerprint density at radius 3 is 2.77 bits per heavy atom. The Balaban J connectivity index is 2.22. The van der Waals surface area contributed by atoms with Crippen LogP contribution in [-0.2, 0) is 0 Å². The Morgan fingerprint density at radius 1 is 1.36 bits per heavy atom. The van der Waals surface area contributed by atoms with E-state index < -0.39 is 0 Å². The highest BCUT2D eigenvalue weighted by atomic mass is 16.5. The molecule has 1 aromatic carbocycles. The summed E-state index contributed by atoms with van der Waals surface area (Å²) in [7, 11) is 0. The topological polar surface area (TPSA) is 90.9 Å². The first-order valence-electron chi connectivity index (χ1n) is 7.32. The summed E-state index contributed by atoms with van der Waals surface area (Å²) in [5.74, 6) is 0.920. The Morgan fingerprint density at radius 2 is 2.09 bits per heavy atom. The van der Waals surface area contributed by atoms with E-state index in [1.807, 2.05) is 19.9 Å². The summed E-state index contributed by atoms with van der Waals surface area (Å²) < 4.78 is 6.11. The van der Waals surface area contributed by atoms with Crippen LogP contribution in [0, 0.1) is 13.8 Å². The van der Waals surface area contributed by atoms with Crippen molar-refractivity contribution in [3.8, 4) is 5.75 Å². The fourth-order valence-corrected chi connectivity index (χ4v) is 3.20. The summed E-state index contributed by atoms with van der Waals surface area (Å²) in [5, 5.41) is 4.68. The van der Waals surface area contributed by atoms with Gasteiger partial charge >= 0.3 is 0 Å². The van der Waals surface area contributed by atoms with E-state index in [0.717, 1.165) is 27.8 Å². The van der Waals surface area contributed by atoms with Crippen LogP contribution in [0.5, 0.6) is 5.75 Å². The second-order valence-electron chi connectivity index (χ2n) is 6.00. The van der Waals surface area contributed by atoms with Gasteiger partial charge in [0.2, 0.25) is 0 Å². The second-order valence-corrected chi connectivity index (χ2v) is 6.00. The summed E-state index contributed by atoms with van der Waals surface area (Å²) in [6.45, 7) is 7.69. The molecule has 1 aliphatic rings. The lowest BCUT2D eigenvalue weighted by atomic mass is 9.91. The average Bonchev–Trinajstić information content (AvgIpc) is 2.79. The van der Waals surface area contributed by atoms with Crippen molar-refractivity contribution >= 4 is 10.9 Å². The average molecular weight is 298 g/mol. The van der Waals surface area contributed by atoms with E-state index in [0.29, 0.717) is 5.56 Å². The van der Waals surface area contributed by atoms with Gasteiger partial charge in [0, 0.05) is 27.3 Å². The molecule has 1 N–H and O–H groups in total. The highest BCUT2D eigenvalue weighted by Gasteiger charge is 2.36. The van der Waals surface area contributed by atoms with Gasteiger partial charge in [-0.3, -0.25) is 4.79 Å².